The van der Waals surface area contributed by atoms with E-state index in [9.17, 15) is 22.0 Å². The Morgan fingerprint density at radius 2 is 1.45 bits per heavy atom. The molecule has 0 saturated heterocycles. The van der Waals surface area contributed by atoms with Gasteiger partial charge in [0.15, 0.2) is 0 Å². The molecule has 1 atom stereocenters. The summed E-state index contributed by atoms with van der Waals surface area (Å²) < 4.78 is 53.6. The SMILES string of the molecule is C=C(F)F.FC(Cl)C(F)(F)Cl. The fraction of sp³-hybridized carbons (Fsp3) is 0.500. The van der Waals surface area contributed by atoms with Gasteiger partial charge in [0, 0.05) is 0 Å². The quantitative estimate of drug-likeness (QED) is 0.463. The van der Waals surface area contributed by atoms with Crippen LogP contribution in [0.3, 0.4) is 0 Å². The number of hydrogen-bond acceptors (Lipinski definition) is 0. The Labute approximate surface area is 69.6 Å². The van der Waals surface area contributed by atoms with E-state index in [0.29, 0.717) is 0 Å². The Bertz CT molecular complexity index is 114. The highest BCUT2D eigenvalue weighted by atomic mass is 35.5. The van der Waals surface area contributed by atoms with Gasteiger partial charge in [0.1, 0.15) is 0 Å². The molecule has 0 aromatic rings. The molecule has 0 saturated carbocycles. The first-order valence-electron chi connectivity index (χ1n) is 2.02. The van der Waals surface area contributed by atoms with Crippen molar-refractivity contribution in [1.29, 1.82) is 0 Å². The van der Waals surface area contributed by atoms with Crippen LogP contribution in [0.1, 0.15) is 0 Å². The fourth-order valence-electron chi connectivity index (χ4n) is 0. The van der Waals surface area contributed by atoms with Gasteiger partial charge in [-0.2, -0.15) is 17.6 Å². The number of alkyl halides is 5. The normalized spacial score (nSPS) is 13.0. The molecule has 0 aromatic heterocycles. The van der Waals surface area contributed by atoms with E-state index in [1.165, 1.54) is 0 Å². The molecule has 0 aliphatic rings. The lowest BCUT2D eigenvalue weighted by Gasteiger charge is -2.03. The first-order chi connectivity index (χ1) is 4.68. The fourth-order valence-corrected chi connectivity index (χ4v) is 0. The molecule has 1 unspecified atom stereocenters. The summed E-state index contributed by atoms with van der Waals surface area (Å²) in [6.07, 6.45) is -1.83. The van der Waals surface area contributed by atoms with Gasteiger partial charge in [0.25, 0.3) is 11.7 Å². The molecule has 0 fully saturated rings. The Morgan fingerprint density at radius 1 is 1.36 bits per heavy atom. The summed E-state index contributed by atoms with van der Waals surface area (Å²) in [4.78, 5) is 0. The molecule has 0 rings (SSSR count). The third kappa shape index (κ3) is 17.8. The molecular weight excluding hydrogens is 214 g/mol. The van der Waals surface area contributed by atoms with Crippen LogP contribution in [0, 0.1) is 0 Å². The highest BCUT2D eigenvalue weighted by molar-refractivity contribution is 6.30. The van der Waals surface area contributed by atoms with Crippen LogP contribution in [0.5, 0.6) is 0 Å². The second-order valence-electron chi connectivity index (χ2n) is 1.18. The third-order valence-corrected chi connectivity index (χ3v) is 0.825. The summed E-state index contributed by atoms with van der Waals surface area (Å²) in [6, 6.07) is 0. The highest BCUT2D eigenvalue weighted by Crippen LogP contribution is 2.28. The van der Waals surface area contributed by atoms with Gasteiger partial charge in [-0.3, -0.25) is 0 Å². The molecule has 0 aliphatic heterocycles. The Balaban J connectivity index is 0. The summed E-state index contributed by atoms with van der Waals surface area (Å²) in [6.45, 7) is 2.22. The summed E-state index contributed by atoms with van der Waals surface area (Å²) in [5.41, 5.74) is -2.80. The number of rotatable bonds is 1. The van der Waals surface area contributed by atoms with Crippen LogP contribution >= 0.6 is 23.2 Å². The zero-order valence-corrected chi connectivity index (χ0v) is 6.44. The molecule has 0 heterocycles. The van der Waals surface area contributed by atoms with E-state index in [1.54, 1.807) is 0 Å². The third-order valence-electron chi connectivity index (χ3n) is 0.247. The molecule has 0 nitrogen and oxygen atoms in total. The smallest absolute Gasteiger partial charge is 0.222 e. The first kappa shape index (κ1) is 13.6. The number of hydrogen-bond donors (Lipinski definition) is 0. The molecule has 68 valence electrons. The predicted octanol–water partition coefficient (Wildman–Crippen LogP) is 3.75. The van der Waals surface area contributed by atoms with Crippen molar-refractivity contribution in [3.8, 4) is 0 Å². The van der Waals surface area contributed by atoms with E-state index in [1.807, 2.05) is 0 Å². The van der Waals surface area contributed by atoms with Gasteiger partial charge in [-0.1, -0.05) is 11.6 Å². The maximum atomic E-state index is 11.1. The summed E-state index contributed by atoms with van der Waals surface area (Å²) in [7, 11) is 0. The van der Waals surface area contributed by atoms with E-state index in [2.05, 4.69) is 29.8 Å². The molecule has 0 aliphatic carbocycles. The van der Waals surface area contributed by atoms with Gasteiger partial charge in [-0.15, -0.1) is 0 Å². The van der Waals surface area contributed by atoms with Gasteiger partial charge in [-0.25, -0.2) is 4.39 Å². The van der Waals surface area contributed by atoms with Crippen LogP contribution in [0.25, 0.3) is 0 Å². The first-order valence-corrected chi connectivity index (χ1v) is 2.84. The van der Waals surface area contributed by atoms with Crippen molar-refractivity contribution in [2.75, 3.05) is 0 Å². The van der Waals surface area contributed by atoms with Crippen LogP contribution in [0.2, 0.25) is 0 Å². The van der Waals surface area contributed by atoms with Crippen molar-refractivity contribution in [2.45, 2.75) is 11.0 Å². The zero-order valence-electron chi connectivity index (χ0n) is 4.93. The second kappa shape index (κ2) is 5.60. The zero-order chi connectivity index (χ0) is 9.65. The molecule has 0 amide bonds. The van der Waals surface area contributed by atoms with Gasteiger partial charge in [0.2, 0.25) is 0 Å². The largest absolute Gasteiger partial charge is 0.366 e. The Kier molecular flexibility index (Phi) is 6.90. The highest BCUT2D eigenvalue weighted by Gasteiger charge is 2.35. The molecule has 0 aromatic carbocycles. The van der Waals surface area contributed by atoms with Crippen molar-refractivity contribution in [3.05, 3.63) is 12.7 Å². The molecule has 11 heavy (non-hydrogen) atoms. The standard InChI is InChI=1S/C2HCl2F3.C2H2F2/c3-1(5)2(4,6)7;1-2(3)4/h1H;1H2. The van der Waals surface area contributed by atoms with Crippen LogP contribution < -0.4 is 0 Å². The minimum Gasteiger partial charge on any atom is -0.222 e. The van der Waals surface area contributed by atoms with Crippen molar-refractivity contribution < 1.29 is 22.0 Å². The van der Waals surface area contributed by atoms with E-state index >= 15 is 0 Å². The van der Waals surface area contributed by atoms with Gasteiger partial charge < -0.3 is 0 Å². The summed E-state index contributed by atoms with van der Waals surface area (Å²) in [5.74, 6) is 0. The van der Waals surface area contributed by atoms with Gasteiger partial charge in [0.05, 0.1) is 0 Å². The summed E-state index contributed by atoms with van der Waals surface area (Å²) >= 11 is 8.23. The maximum absolute atomic E-state index is 11.1. The van der Waals surface area contributed by atoms with E-state index in [0.717, 1.165) is 0 Å². The lowest BCUT2D eigenvalue weighted by Crippen LogP contribution is -2.16. The topological polar surface area (TPSA) is 0 Å². The lowest BCUT2D eigenvalue weighted by molar-refractivity contribution is 0.0451. The minimum absolute atomic E-state index is 1.83. The maximum Gasteiger partial charge on any atom is 0.366 e. The number of halogens is 7. The van der Waals surface area contributed by atoms with Crippen LogP contribution in [-0.2, 0) is 0 Å². The van der Waals surface area contributed by atoms with E-state index < -0.39 is 17.1 Å². The molecule has 7 heteroatoms. The summed E-state index contributed by atoms with van der Waals surface area (Å²) in [5, 5.41) is -3.93. The van der Waals surface area contributed by atoms with Crippen LogP contribution in [0.15, 0.2) is 12.7 Å². The van der Waals surface area contributed by atoms with Crippen LogP contribution in [-0.4, -0.2) is 11.0 Å². The van der Waals surface area contributed by atoms with E-state index in [-0.39, 0.29) is 0 Å². The molecule has 0 radical (unpaired) electrons. The second-order valence-corrected chi connectivity index (χ2v) is 2.07. The van der Waals surface area contributed by atoms with Gasteiger partial charge in [-0.05, 0) is 18.2 Å². The molecule has 0 spiro atoms. The Hall–Kier alpha value is -0.0300. The van der Waals surface area contributed by atoms with Crippen molar-refractivity contribution in [3.63, 3.8) is 0 Å². The molecular formula is C4H3Cl2F5. The van der Waals surface area contributed by atoms with Crippen LogP contribution in [0.4, 0.5) is 22.0 Å². The Morgan fingerprint density at radius 3 is 1.45 bits per heavy atom. The van der Waals surface area contributed by atoms with Crippen molar-refractivity contribution in [2.24, 2.45) is 0 Å². The predicted molar refractivity (Wildman–Crippen MR) is 32.9 cm³/mol. The monoisotopic (exact) mass is 216 g/mol. The molecule has 0 bridgehead atoms. The average Bonchev–Trinajstić information content (AvgIpc) is 1.59. The van der Waals surface area contributed by atoms with Crippen molar-refractivity contribution >= 4 is 23.2 Å². The average molecular weight is 217 g/mol. The van der Waals surface area contributed by atoms with Gasteiger partial charge >= 0.3 is 5.38 Å². The minimum atomic E-state index is -3.93. The van der Waals surface area contributed by atoms with Crippen molar-refractivity contribution in [1.82, 2.24) is 0 Å². The lowest BCUT2D eigenvalue weighted by atomic mass is 10.8. The molecule has 0 N–H and O–H groups in total. The van der Waals surface area contributed by atoms with E-state index in [4.69, 9.17) is 0 Å².